The summed E-state index contributed by atoms with van der Waals surface area (Å²) >= 11 is 0. The van der Waals surface area contributed by atoms with Gasteiger partial charge >= 0.3 is 0 Å². The molecule has 1 saturated heterocycles. The van der Waals surface area contributed by atoms with E-state index in [0.717, 1.165) is 44.5 Å². The summed E-state index contributed by atoms with van der Waals surface area (Å²) in [6.45, 7) is 4.36. The van der Waals surface area contributed by atoms with Gasteiger partial charge in [-0.05, 0) is 49.9 Å². The zero-order valence-corrected chi connectivity index (χ0v) is 11.5. The molecule has 1 aromatic rings. The summed E-state index contributed by atoms with van der Waals surface area (Å²) in [6, 6.07) is 5.06. The number of aliphatic hydroxyl groups excluding tert-OH is 1. The van der Waals surface area contributed by atoms with E-state index in [1.165, 1.54) is 6.07 Å². The Morgan fingerprint density at radius 2 is 2.32 bits per heavy atom. The maximum absolute atomic E-state index is 13.5. The predicted molar refractivity (Wildman–Crippen MR) is 74.4 cm³/mol. The van der Waals surface area contributed by atoms with Crippen LogP contribution in [0, 0.1) is 12.7 Å². The third-order valence-corrected chi connectivity index (χ3v) is 3.86. The van der Waals surface area contributed by atoms with Crippen LogP contribution in [0.5, 0.6) is 0 Å². The number of halogens is 1. The third-order valence-electron chi connectivity index (χ3n) is 3.86. The normalized spacial score (nSPS) is 22.4. The zero-order chi connectivity index (χ0) is 13.8. The molecule has 0 aliphatic carbocycles. The SMILES string of the molecule is Cc1ccc(C(N)CCN2CCCC(O)C2)cc1F. The van der Waals surface area contributed by atoms with Gasteiger partial charge < -0.3 is 15.7 Å². The van der Waals surface area contributed by atoms with Gasteiger partial charge in [0.2, 0.25) is 0 Å². The monoisotopic (exact) mass is 266 g/mol. The van der Waals surface area contributed by atoms with E-state index >= 15 is 0 Å². The molecule has 4 heteroatoms. The maximum atomic E-state index is 13.5. The molecule has 2 rings (SSSR count). The number of hydrogen-bond donors (Lipinski definition) is 2. The summed E-state index contributed by atoms with van der Waals surface area (Å²) in [7, 11) is 0. The van der Waals surface area contributed by atoms with Crippen LogP contribution in [0.25, 0.3) is 0 Å². The van der Waals surface area contributed by atoms with E-state index in [2.05, 4.69) is 4.90 Å². The van der Waals surface area contributed by atoms with Gasteiger partial charge in [0.15, 0.2) is 0 Å². The Bertz CT molecular complexity index is 425. The first kappa shape index (κ1) is 14.4. The van der Waals surface area contributed by atoms with Crippen LogP contribution < -0.4 is 5.73 Å². The Kier molecular flexibility index (Phi) is 4.91. The lowest BCUT2D eigenvalue weighted by atomic mass is 10.0. The largest absolute Gasteiger partial charge is 0.392 e. The van der Waals surface area contributed by atoms with Crippen molar-refractivity contribution in [3.05, 3.63) is 35.1 Å². The summed E-state index contributed by atoms with van der Waals surface area (Å²) in [4.78, 5) is 2.23. The van der Waals surface area contributed by atoms with Gasteiger partial charge in [-0.3, -0.25) is 0 Å². The Labute approximate surface area is 114 Å². The lowest BCUT2D eigenvalue weighted by molar-refractivity contribution is 0.0691. The first-order valence-corrected chi connectivity index (χ1v) is 6.98. The van der Waals surface area contributed by atoms with Crippen LogP contribution in [0.3, 0.4) is 0 Å². The molecule has 1 aromatic carbocycles. The predicted octanol–water partition coefficient (Wildman–Crippen LogP) is 1.98. The molecule has 0 amide bonds. The molecular formula is C15H23FN2O. The second kappa shape index (κ2) is 6.46. The molecule has 0 aromatic heterocycles. The molecule has 3 N–H and O–H groups in total. The second-order valence-electron chi connectivity index (χ2n) is 5.50. The molecule has 1 heterocycles. The molecule has 106 valence electrons. The smallest absolute Gasteiger partial charge is 0.126 e. The topological polar surface area (TPSA) is 49.5 Å². The van der Waals surface area contributed by atoms with E-state index in [1.54, 1.807) is 13.0 Å². The quantitative estimate of drug-likeness (QED) is 0.876. The van der Waals surface area contributed by atoms with Crippen molar-refractivity contribution in [3.8, 4) is 0 Å². The van der Waals surface area contributed by atoms with Gasteiger partial charge in [-0.25, -0.2) is 4.39 Å². The van der Waals surface area contributed by atoms with Crippen molar-refractivity contribution in [2.24, 2.45) is 5.73 Å². The van der Waals surface area contributed by atoms with Gasteiger partial charge in [-0.2, -0.15) is 0 Å². The molecule has 1 aliphatic rings. The molecule has 1 aliphatic heterocycles. The van der Waals surface area contributed by atoms with Crippen LogP contribution in [-0.4, -0.2) is 35.7 Å². The summed E-state index contributed by atoms with van der Waals surface area (Å²) in [5.74, 6) is -0.193. The maximum Gasteiger partial charge on any atom is 0.126 e. The molecule has 2 atom stereocenters. The molecular weight excluding hydrogens is 243 g/mol. The Morgan fingerprint density at radius 1 is 1.53 bits per heavy atom. The fourth-order valence-electron chi connectivity index (χ4n) is 2.56. The van der Waals surface area contributed by atoms with Crippen molar-refractivity contribution in [3.63, 3.8) is 0 Å². The van der Waals surface area contributed by atoms with E-state index in [1.807, 2.05) is 6.07 Å². The second-order valence-corrected chi connectivity index (χ2v) is 5.50. The van der Waals surface area contributed by atoms with E-state index in [0.29, 0.717) is 5.56 Å². The first-order chi connectivity index (χ1) is 9.06. The number of benzene rings is 1. The van der Waals surface area contributed by atoms with Crippen LogP contribution >= 0.6 is 0 Å². The summed E-state index contributed by atoms with van der Waals surface area (Å²) in [5.41, 5.74) is 7.61. The van der Waals surface area contributed by atoms with Crippen LogP contribution in [0.1, 0.15) is 36.4 Å². The molecule has 0 spiro atoms. The lowest BCUT2D eigenvalue weighted by Crippen LogP contribution is -2.39. The van der Waals surface area contributed by atoms with Crippen molar-refractivity contribution in [1.82, 2.24) is 4.90 Å². The average Bonchev–Trinajstić information content (AvgIpc) is 2.39. The summed E-state index contributed by atoms with van der Waals surface area (Å²) in [6.07, 6.45) is 2.51. The van der Waals surface area contributed by atoms with Crippen LogP contribution in [0.2, 0.25) is 0 Å². The van der Waals surface area contributed by atoms with Crippen molar-refractivity contribution in [2.75, 3.05) is 19.6 Å². The number of nitrogens with two attached hydrogens (primary N) is 1. The minimum Gasteiger partial charge on any atom is -0.392 e. The lowest BCUT2D eigenvalue weighted by Gasteiger charge is -2.30. The van der Waals surface area contributed by atoms with Crippen LogP contribution in [-0.2, 0) is 0 Å². The fourth-order valence-corrected chi connectivity index (χ4v) is 2.56. The Balaban J connectivity index is 1.86. The molecule has 1 fully saturated rings. The van der Waals surface area contributed by atoms with E-state index in [9.17, 15) is 9.50 Å². The number of piperidine rings is 1. The highest BCUT2D eigenvalue weighted by Crippen LogP contribution is 2.19. The first-order valence-electron chi connectivity index (χ1n) is 6.98. The third kappa shape index (κ3) is 4.00. The number of β-amino-alcohol motifs (C(OH)–C–C–N with tert-alkyl or cyclic N) is 1. The minimum absolute atomic E-state index is 0.144. The van der Waals surface area contributed by atoms with Gasteiger partial charge in [0.1, 0.15) is 5.82 Å². The van der Waals surface area contributed by atoms with Crippen molar-refractivity contribution in [2.45, 2.75) is 38.3 Å². The number of hydrogen-bond acceptors (Lipinski definition) is 3. The summed E-state index contributed by atoms with van der Waals surface area (Å²) in [5, 5.41) is 9.61. The van der Waals surface area contributed by atoms with Gasteiger partial charge in [0, 0.05) is 19.1 Å². The van der Waals surface area contributed by atoms with Gasteiger partial charge in [0.05, 0.1) is 6.10 Å². The average molecular weight is 266 g/mol. The van der Waals surface area contributed by atoms with Crippen molar-refractivity contribution < 1.29 is 9.50 Å². The van der Waals surface area contributed by atoms with Gasteiger partial charge in [-0.15, -0.1) is 0 Å². The summed E-state index contributed by atoms with van der Waals surface area (Å²) < 4.78 is 13.5. The van der Waals surface area contributed by atoms with E-state index in [-0.39, 0.29) is 18.0 Å². The number of rotatable bonds is 4. The van der Waals surface area contributed by atoms with Crippen LogP contribution in [0.4, 0.5) is 4.39 Å². The molecule has 0 radical (unpaired) electrons. The molecule has 0 bridgehead atoms. The van der Waals surface area contributed by atoms with E-state index in [4.69, 9.17) is 5.73 Å². The Hall–Kier alpha value is -0.970. The number of aryl methyl sites for hydroxylation is 1. The van der Waals surface area contributed by atoms with Crippen molar-refractivity contribution in [1.29, 1.82) is 0 Å². The highest BCUT2D eigenvalue weighted by molar-refractivity contribution is 5.25. The molecule has 19 heavy (non-hydrogen) atoms. The zero-order valence-electron chi connectivity index (χ0n) is 11.5. The molecule has 0 saturated carbocycles. The standard InChI is InChI=1S/C15H23FN2O/c1-11-4-5-12(9-14(11)16)15(17)6-8-18-7-2-3-13(19)10-18/h4-5,9,13,15,19H,2-3,6-8,10,17H2,1H3. The van der Waals surface area contributed by atoms with Gasteiger partial charge in [-0.1, -0.05) is 12.1 Å². The van der Waals surface area contributed by atoms with Crippen LogP contribution in [0.15, 0.2) is 18.2 Å². The van der Waals surface area contributed by atoms with Gasteiger partial charge in [0.25, 0.3) is 0 Å². The minimum atomic E-state index is -0.207. The molecule has 3 nitrogen and oxygen atoms in total. The van der Waals surface area contributed by atoms with E-state index < -0.39 is 0 Å². The number of nitrogens with zero attached hydrogens (tertiary/aromatic N) is 1. The fraction of sp³-hybridized carbons (Fsp3) is 0.600. The molecule has 2 unspecified atom stereocenters. The highest BCUT2D eigenvalue weighted by atomic mass is 19.1. The Morgan fingerprint density at radius 3 is 3.00 bits per heavy atom. The van der Waals surface area contributed by atoms with Crippen molar-refractivity contribution >= 4 is 0 Å². The highest BCUT2D eigenvalue weighted by Gasteiger charge is 2.18. The number of aliphatic hydroxyl groups is 1. The number of likely N-dealkylation sites (tertiary alicyclic amines) is 1.